The molecule has 4 rings (SSSR count). The SMILES string of the molecule is C=[N+]1C(=CC=CC2=[N+](CCCN=C=S)c3ccccc3C2(C)C)C(C)(C)c2ccccc21. The highest BCUT2D eigenvalue weighted by Gasteiger charge is 2.45. The monoisotopic (exact) mass is 441 g/mol. The van der Waals surface area contributed by atoms with Crippen molar-refractivity contribution >= 4 is 41.2 Å². The van der Waals surface area contributed by atoms with Crippen molar-refractivity contribution in [1.82, 2.24) is 0 Å². The summed E-state index contributed by atoms with van der Waals surface area (Å²) in [4.78, 5) is 4.10. The molecule has 0 bridgehead atoms. The number of fused-ring (bicyclic) bond motifs is 2. The van der Waals surface area contributed by atoms with Crippen LogP contribution in [0, 0.1) is 0 Å². The Morgan fingerprint density at radius 3 is 2.25 bits per heavy atom. The first-order chi connectivity index (χ1) is 15.3. The van der Waals surface area contributed by atoms with E-state index in [9.17, 15) is 0 Å². The maximum atomic E-state index is 4.72. The molecular formula is C28H31N3S+2. The Morgan fingerprint density at radius 2 is 1.59 bits per heavy atom. The molecule has 0 unspecified atom stereocenters. The molecule has 0 aliphatic carbocycles. The van der Waals surface area contributed by atoms with Gasteiger partial charge in [0, 0.05) is 41.8 Å². The summed E-state index contributed by atoms with van der Waals surface area (Å²) in [5.74, 6) is 0. The van der Waals surface area contributed by atoms with Gasteiger partial charge in [-0.3, -0.25) is 0 Å². The Morgan fingerprint density at radius 1 is 0.969 bits per heavy atom. The quantitative estimate of drug-likeness (QED) is 0.222. The van der Waals surface area contributed by atoms with E-state index in [1.165, 1.54) is 33.9 Å². The molecule has 0 spiro atoms. The predicted molar refractivity (Wildman–Crippen MR) is 138 cm³/mol. The van der Waals surface area contributed by atoms with Crippen LogP contribution < -0.4 is 0 Å². The number of para-hydroxylation sites is 2. The number of hydrogen-bond donors (Lipinski definition) is 0. The molecule has 0 fully saturated rings. The minimum atomic E-state index is -0.0834. The fourth-order valence-corrected chi connectivity index (χ4v) is 5.20. The van der Waals surface area contributed by atoms with Gasteiger partial charge in [0.15, 0.2) is 18.0 Å². The molecule has 3 nitrogen and oxygen atoms in total. The van der Waals surface area contributed by atoms with Crippen LogP contribution in [0.3, 0.4) is 0 Å². The topological polar surface area (TPSA) is 18.4 Å². The molecule has 162 valence electrons. The molecule has 2 aliphatic rings. The van der Waals surface area contributed by atoms with Crippen LogP contribution in [0.25, 0.3) is 0 Å². The van der Waals surface area contributed by atoms with Crippen LogP contribution in [0.15, 0.2) is 77.4 Å². The van der Waals surface area contributed by atoms with Crippen LogP contribution in [-0.4, -0.2) is 39.8 Å². The highest BCUT2D eigenvalue weighted by molar-refractivity contribution is 7.78. The van der Waals surface area contributed by atoms with E-state index < -0.39 is 0 Å². The van der Waals surface area contributed by atoms with E-state index in [-0.39, 0.29) is 10.8 Å². The second-order valence-electron chi connectivity index (χ2n) is 9.49. The van der Waals surface area contributed by atoms with Gasteiger partial charge < -0.3 is 0 Å². The fourth-order valence-electron chi connectivity index (χ4n) is 5.11. The Labute approximate surface area is 196 Å². The van der Waals surface area contributed by atoms with Crippen molar-refractivity contribution < 1.29 is 9.15 Å². The van der Waals surface area contributed by atoms with Crippen molar-refractivity contribution in [3.05, 3.63) is 83.6 Å². The Balaban J connectivity index is 1.71. The lowest BCUT2D eigenvalue weighted by Crippen LogP contribution is -2.28. The molecule has 2 heterocycles. The standard InChI is InChI=1S/C28H31N3S/c1-27(2)21-12-6-8-14-23(21)30(5)25(27)16-10-17-26-28(3,4)22-13-7-9-15-24(22)31(26)19-11-18-29-20-32/h6-10,12-17H,5,11,18-19H2,1-4H3/q+2. The van der Waals surface area contributed by atoms with Crippen molar-refractivity contribution in [2.24, 2.45) is 4.99 Å². The zero-order chi connectivity index (χ0) is 22.9. The van der Waals surface area contributed by atoms with Crippen molar-refractivity contribution in [1.29, 1.82) is 0 Å². The predicted octanol–water partition coefficient (Wildman–Crippen LogP) is 6.33. The van der Waals surface area contributed by atoms with Gasteiger partial charge in [-0.15, -0.1) is 0 Å². The van der Waals surface area contributed by atoms with Gasteiger partial charge in [-0.2, -0.15) is 9.15 Å². The van der Waals surface area contributed by atoms with Crippen LogP contribution in [0.1, 0.15) is 45.2 Å². The number of benzene rings is 2. The normalized spacial score (nSPS) is 19.4. The molecule has 0 atom stereocenters. The number of allylic oxidation sites excluding steroid dienone is 4. The Bertz CT molecular complexity index is 1220. The number of hydrogen-bond acceptors (Lipinski definition) is 2. The second-order valence-corrected chi connectivity index (χ2v) is 9.67. The van der Waals surface area contributed by atoms with E-state index in [0.717, 1.165) is 13.0 Å². The molecule has 4 heteroatoms. The summed E-state index contributed by atoms with van der Waals surface area (Å²) in [6.07, 6.45) is 7.60. The third-order valence-electron chi connectivity index (χ3n) is 6.82. The average molecular weight is 442 g/mol. The van der Waals surface area contributed by atoms with Crippen LogP contribution in [0.2, 0.25) is 0 Å². The molecule has 0 radical (unpaired) electrons. The van der Waals surface area contributed by atoms with Gasteiger partial charge >= 0.3 is 0 Å². The fraction of sp³-hybridized carbons (Fsp3) is 0.321. The summed E-state index contributed by atoms with van der Waals surface area (Å²) in [5.41, 5.74) is 7.48. The van der Waals surface area contributed by atoms with E-state index in [1.54, 1.807) is 0 Å². The lowest BCUT2D eigenvalue weighted by molar-refractivity contribution is -0.437. The van der Waals surface area contributed by atoms with Gasteiger partial charge in [0.05, 0.1) is 22.5 Å². The number of nitrogens with zero attached hydrogens (tertiary/aromatic N) is 3. The summed E-state index contributed by atoms with van der Waals surface area (Å²) >= 11 is 4.72. The van der Waals surface area contributed by atoms with Gasteiger partial charge in [0.1, 0.15) is 6.72 Å². The van der Waals surface area contributed by atoms with Gasteiger partial charge in [-0.05, 0) is 46.0 Å². The lowest BCUT2D eigenvalue weighted by atomic mass is 9.81. The highest BCUT2D eigenvalue weighted by atomic mass is 32.1. The van der Waals surface area contributed by atoms with Gasteiger partial charge in [0.25, 0.3) is 0 Å². The van der Waals surface area contributed by atoms with E-state index in [1.807, 2.05) is 0 Å². The molecule has 0 saturated carbocycles. The Hall–Kier alpha value is -2.94. The van der Waals surface area contributed by atoms with E-state index >= 15 is 0 Å². The number of rotatable bonds is 6. The molecule has 0 saturated heterocycles. The maximum absolute atomic E-state index is 4.72. The zero-order valence-electron chi connectivity index (χ0n) is 19.4. The van der Waals surface area contributed by atoms with Crippen molar-refractivity contribution in [3.63, 3.8) is 0 Å². The van der Waals surface area contributed by atoms with Gasteiger partial charge in [0.2, 0.25) is 11.4 Å². The van der Waals surface area contributed by atoms with Crippen molar-refractivity contribution in [2.45, 2.75) is 44.9 Å². The molecular weight excluding hydrogens is 410 g/mol. The van der Waals surface area contributed by atoms with Crippen molar-refractivity contribution in [2.75, 3.05) is 13.1 Å². The third kappa shape index (κ3) is 3.64. The Kier molecular flexibility index (Phi) is 5.94. The maximum Gasteiger partial charge on any atom is 0.214 e. The van der Waals surface area contributed by atoms with Crippen LogP contribution in [0.4, 0.5) is 11.4 Å². The highest BCUT2D eigenvalue weighted by Crippen LogP contribution is 2.46. The molecule has 0 amide bonds. The van der Waals surface area contributed by atoms with Crippen molar-refractivity contribution in [3.8, 4) is 0 Å². The minimum Gasteiger partial charge on any atom is -0.232 e. The minimum absolute atomic E-state index is 0.0721. The summed E-state index contributed by atoms with van der Waals surface area (Å²) in [5, 5.41) is 2.48. The zero-order valence-corrected chi connectivity index (χ0v) is 20.2. The molecule has 2 aliphatic heterocycles. The smallest absolute Gasteiger partial charge is 0.214 e. The second kappa shape index (κ2) is 8.54. The summed E-state index contributed by atoms with van der Waals surface area (Å²) in [6.45, 7) is 15.1. The van der Waals surface area contributed by atoms with Gasteiger partial charge in [-0.1, -0.05) is 36.4 Å². The summed E-state index contributed by atoms with van der Waals surface area (Å²) < 4.78 is 4.50. The average Bonchev–Trinajstić information content (AvgIpc) is 3.11. The molecule has 2 aromatic carbocycles. The molecule has 32 heavy (non-hydrogen) atoms. The number of thiocarbonyl (C=S) groups is 1. The van der Waals surface area contributed by atoms with Gasteiger partial charge in [-0.25, -0.2) is 4.99 Å². The lowest BCUT2D eigenvalue weighted by Gasteiger charge is -2.15. The number of isothiocyanates is 1. The van der Waals surface area contributed by atoms with Crippen LogP contribution in [0.5, 0.6) is 0 Å². The van der Waals surface area contributed by atoms with E-state index in [4.69, 9.17) is 12.2 Å². The first-order valence-corrected chi connectivity index (χ1v) is 11.6. The van der Waals surface area contributed by atoms with E-state index in [0.29, 0.717) is 6.54 Å². The van der Waals surface area contributed by atoms with Crippen LogP contribution >= 0.6 is 12.2 Å². The summed E-state index contributed by atoms with van der Waals surface area (Å²) in [7, 11) is 0. The van der Waals surface area contributed by atoms with E-state index in [2.05, 4.69) is 120 Å². The largest absolute Gasteiger partial charge is 0.232 e. The first-order valence-electron chi connectivity index (χ1n) is 11.2. The molecule has 2 aromatic rings. The number of aliphatic imine (C=N–C) groups is 1. The first kappa shape index (κ1) is 22.3. The summed E-state index contributed by atoms with van der Waals surface area (Å²) in [6, 6.07) is 17.2. The van der Waals surface area contributed by atoms with Crippen LogP contribution in [-0.2, 0) is 10.8 Å². The third-order valence-corrected chi connectivity index (χ3v) is 6.95. The molecule has 0 aromatic heterocycles. The molecule has 0 N–H and O–H groups in total.